The number of likely N-dealkylation sites (N-methyl/N-ethyl adjacent to an activating group) is 1. The lowest BCUT2D eigenvalue weighted by atomic mass is 10.1. The molecule has 27 nitrogen and oxygen atoms in total. The Labute approximate surface area is 454 Å². The number of aromatic nitrogens is 6. The van der Waals surface area contributed by atoms with Gasteiger partial charge in [-0.2, -0.15) is 15.0 Å². The summed E-state index contributed by atoms with van der Waals surface area (Å²) in [6, 6.07) is 19.2. The Bertz CT molecular complexity index is 3050. The maximum Gasteiger partial charge on any atom is 0.351 e. The van der Waals surface area contributed by atoms with Gasteiger partial charge in [-0.3, -0.25) is 23.9 Å². The van der Waals surface area contributed by atoms with Crippen molar-refractivity contribution in [1.29, 1.82) is 0 Å². The molecule has 1 saturated heterocycles. The Morgan fingerprint density at radius 1 is 0.835 bits per heavy atom. The largest absolute Gasteiger partial charge is 0.481 e. The molecule has 0 unspecified atom stereocenters. The number of carbonyl (C=O) groups is 5. The molecule has 0 spiro atoms. The quantitative estimate of drug-likeness (QED) is 0.0431. The zero-order valence-electron chi connectivity index (χ0n) is 44.5. The second kappa shape index (κ2) is 30.2. The van der Waals surface area contributed by atoms with Gasteiger partial charge in [0.2, 0.25) is 11.9 Å². The van der Waals surface area contributed by atoms with Gasteiger partial charge in [0.15, 0.2) is 23.2 Å². The normalized spacial score (nSPS) is 15.7. The van der Waals surface area contributed by atoms with Crippen molar-refractivity contribution in [3.8, 4) is 0 Å². The van der Waals surface area contributed by atoms with Crippen molar-refractivity contribution in [2.24, 2.45) is 0 Å². The number of aliphatic hydroxyl groups excluding tert-OH is 3. The van der Waals surface area contributed by atoms with E-state index in [2.05, 4.69) is 54.3 Å². The number of nitrogens with zero attached hydrogens (tertiary/aromatic N) is 8. The number of benzene rings is 3. The summed E-state index contributed by atoms with van der Waals surface area (Å²) in [4.78, 5) is 92.8. The molecule has 0 radical (unpaired) electrons. The number of hydrogen-bond donors (Lipinski definition) is 11. The van der Waals surface area contributed by atoms with Gasteiger partial charge in [-0.05, 0) is 106 Å². The van der Waals surface area contributed by atoms with Gasteiger partial charge in [-0.1, -0.05) is 32.0 Å². The number of aryl methyl sites for hydroxylation is 2. The van der Waals surface area contributed by atoms with Gasteiger partial charge in [0, 0.05) is 42.3 Å². The molecule has 3 aromatic carbocycles. The van der Waals surface area contributed by atoms with E-state index >= 15 is 0 Å². The fourth-order valence-corrected chi connectivity index (χ4v) is 7.43. The number of aliphatic hydroxyl groups is 3. The first-order valence-electron chi connectivity index (χ1n) is 24.7. The molecule has 6 aromatic rings. The van der Waals surface area contributed by atoms with E-state index in [0.717, 1.165) is 40.2 Å². The molecule has 424 valence electrons. The maximum absolute atomic E-state index is 12.4. The Kier molecular flexibility index (Phi) is 23.9. The third-order valence-electron chi connectivity index (χ3n) is 11.8. The molecule has 0 bridgehead atoms. The van der Waals surface area contributed by atoms with E-state index in [1.165, 1.54) is 24.4 Å². The van der Waals surface area contributed by atoms with Crippen molar-refractivity contribution < 1.29 is 59.0 Å². The number of para-hydroxylation sites is 1. The van der Waals surface area contributed by atoms with Crippen LogP contribution in [0.25, 0.3) is 11.2 Å². The number of hydrogen-bond acceptors (Lipinski definition) is 22. The van der Waals surface area contributed by atoms with Crippen LogP contribution in [0.3, 0.4) is 0 Å². The van der Waals surface area contributed by atoms with Crippen molar-refractivity contribution >= 4 is 75.5 Å². The lowest BCUT2D eigenvalue weighted by Crippen LogP contribution is -2.41. The van der Waals surface area contributed by atoms with Gasteiger partial charge in [-0.25, -0.2) is 24.4 Å². The second-order valence-electron chi connectivity index (χ2n) is 17.6. The molecule has 3 aromatic heterocycles. The monoisotopic (exact) mass is 1100 g/mol. The Morgan fingerprint density at radius 3 is 2.03 bits per heavy atom. The number of carbonyl (C=O) groups excluding carboxylic acids is 3. The van der Waals surface area contributed by atoms with Gasteiger partial charge in [-0.15, -0.1) is 0 Å². The number of aliphatic carboxylic acids is 2. The minimum absolute atomic E-state index is 0.0138. The zero-order chi connectivity index (χ0) is 58.5. The number of amides is 2. The highest BCUT2D eigenvalue weighted by Gasteiger charge is 2.43. The topological polar surface area (TPSA) is 426 Å². The number of anilines is 6. The summed E-state index contributed by atoms with van der Waals surface area (Å²) in [5.41, 5.74) is 28.1. The van der Waals surface area contributed by atoms with Gasteiger partial charge in [0.1, 0.15) is 30.2 Å². The smallest absolute Gasteiger partial charge is 0.351 e. The number of rotatable bonds is 18. The van der Waals surface area contributed by atoms with E-state index in [4.69, 9.17) is 42.6 Å². The summed E-state index contributed by atoms with van der Waals surface area (Å²) in [6.45, 7) is 12.5. The maximum atomic E-state index is 12.4. The molecule has 2 amide bonds. The van der Waals surface area contributed by atoms with E-state index < -0.39 is 60.7 Å². The molecule has 4 heterocycles. The second-order valence-corrected chi connectivity index (χ2v) is 17.6. The molecule has 79 heavy (non-hydrogen) atoms. The Balaban J connectivity index is 0.000000247. The van der Waals surface area contributed by atoms with E-state index in [1.54, 1.807) is 49.5 Å². The molecule has 1 aliphatic heterocycles. The van der Waals surface area contributed by atoms with Crippen molar-refractivity contribution in [3.63, 3.8) is 0 Å². The average Bonchev–Trinajstić information content (AvgIpc) is 3.70. The van der Waals surface area contributed by atoms with Crippen molar-refractivity contribution in [2.45, 2.75) is 84.6 Å². The van der Waals surface area contributed by atoms with Crippen molar-refractivity contribution in [3.05, 3.63) is 124 Å². The number of carboxylic acid groups (broad SMARTS) is 2. The van der Waals surface area contributed by atoms with Crippen molar-refractivity contribution in [1.82, 2.24) is 39.7 Å². The third-order valence-corrected chi connectivity index (χ3v) is 11.8. The van der Waals surface area contributed by atoms with Gasteiger partial charge in [0.25, 0.3) is 5.91 Å². The fraction of sp³-hybridized carbons (Fsp3) is 0.365. The number of ether oxygens (including phenoxy) is 2. The van der Waals surface area contributed by atoms with Crippen LogP contribution < -0.4 is 44.2 Å². The summed E-state index contributed by atoms with van der Waals surface area (Å²) >= 11 is 0. The number of carboxylic acids is 2. The highest BCUT2D eigenvalue weighted by atomic mass is 16.6. The standard InChI is InChI=1S/C20H22N8O5.C14H22N2O.C9H13N3O5.C9H11NO2/c1-28(9-11-8-23-17-15(24-11)16(21)26-20(22)27-17)12-4-2-10(3-5-12)18(31)25-13(19(32)33)6-7-14(29)30;1-5-16(6-2)10-13(17)15-14-11(3)8-7-9-12(14)4;10-5-1-2-12(9(16)11-5)8-7(15)6(14)4(3-13)17-8;1-2-12-9(11)7-3-5-8(10)6-4-7/h2-5,8,13H,6-7,9H2,1H3,(H,25,31)(H,29,30)(H,32,33)(H4,21,22,23,26,27);7-9H,5-6,10H2,1-4H3,(H,15,17);1-2,4,6-8,13-15H,3H2,(H2,10,11,16);3-6H,2,10H2,1H3/t13-;;4-,6-,7+,8-;/m0.1./s1. The van der Waals surface area contributed by atoms with Crippen LogP contribution in [0.5, 0.6) is 0 Å². The third kappa shape index (κ3) is 18.7. The van der Waals surface area contributed by atoms with Gasteiger partial charge in [0.05, 0.1) is 43.8 Å². The fourth-order valence-electron chi connectivity index (χ4n) is 7.43. The number of nitrogen functional groups attached to an aromatic ring is 4. The predicted molar refractivity (Wildman–Crippen MR) is 293 cm³/mol. The SMILES string of the molecule is CCN(CC)CC(=O)Nc1c(C)cccc1C.CCOC(=O)c1ccc(N)cc1.CN(Cc1cnc2nc(N)nc(N)c2n1)c1ccc(C(=O)N[C@@H](CCC(=O)O)C(=O)O)cc1.Nc1ccn([C@@H]2O[C@H](CO)[C@@H](O)[C@@H]2O)c(=O)n1. The van der Waals surface area contributed by atoms with E-state index in [1.807, 2.05) is 44.0 Å². The molecule has 0 aliphatic carbocycles. The molecular formula is C52H68N14O13. The lowest BCUT2D eigenvalue weighted by Gasteiger charge is -2.19. The molecule has 1 fully saturated rings. The van der Waals surface area contributed by atoms with Crippen LogP contribution in [0.15, 0.2) is 90.0 Å². The van der Waals surface area contributed by atoms with Crippen LogP contribution in [-0.4, -0.2) is 154 Å². The summed E-state index contributed by atoms with van der Waals surface area (Å²) in [5, 5.41) is 51.4. The number of nitrogens with one attached hydrogen (secondary N) is 2. The van der Waals surface area contributed by atoms with Crippen LogP contribution in [-0.2, 0) is 30.4 Å². The molecule has 5 atom stereocenters. The molecule has 0 saturated carbocycles. The molecule has 15 N–H and O–H groups in total. The Hall–Kier alpha value is -8.89. The summed E-state index contributed by atoms with van der Waals surface area (Å²) in [6.07, 6.45) is -2.30. The first kappa shape index (κ1) is 62.6. The van der Waals surface area contributed by atoms with Crippen molar-refractivity contribution in [2.75, 3.05) is 73.0 Å². The highest BCUT2D eigenvalue weighted by molar-refractivity contribution is 5.97. The van der Waals surface area contributed by atoms with Crippen LogP contribution in [0, 0.1) is 13.8 Å². The lowest BCUT2D eigenvalue weighted by molar-refractivity contribution is -0.140. The van der Waals surface area contributed by atoms with E-state index in [9.17, 15) is 44.1 Å². The Morgan fingerprint density at radius 2 is 1.47 bits per heavy atom. The first-order chi connectivity index (χ1) is 37.5. The van der Waals surface area contributed by atoms with Gasteiger partial charge >= 0.3 is 23.6 Å². The van der Waals surface area contributed by atoms with E-state index in [-0.39, 0.29) is 47.9 Å². The summed E-state index contributed by atoms with van der Waals surface area (Å²) in [5.74, 6) is -3.10. The van der Waals surface area contributed by atoms with E-state index in [0.29, 0.717) is 47.8 Å². The molecule has 1 aliphatic rings. The van der Waals surface area contributed by atoms with Gasteiger partial charge < -0.3 is 73.5 Å². The highest BCUT2D eigenvalue weighted by Crippen LogP contribution is 2.28. The van der Waals surface area contributed by atoms with Crippen LogP contribution in [0.2, 0.25) is 0 Å². The molecular weight excluding hydrogens is 1030 g/mol. The first-order valence-corrected chi connectivity index (χ1v) is 24.7. The minimum atomic E-state index is -1.31. The zero-order valence-corrected chi connectivity index (χ0v) is 44.5. The number of fused-ring (bicyclic) bond motifs is 1. The average molecular weight is 1100 g/mol. The predicted octanol–water partition coefficient (Wildman–Crippen LogP) is 1.73. The van der Waals surface area contributed by atoms with Crippen LogP contribution >= 0.6 is 0 Å². The molecule has 27 heteroatoms. The summed E-state index contributed by atoms with van der Waals surface area (Å²) in [7, 11) is 1.82. The molecule has 7 rings (SSSR count). The van der Waals surface area contributed by atoms with Crippen LogP contribution in [0.1, 0.15) is 77.4 Å². The number of esters is 1. The van der Waals surface area contributed by atoms with Crippen LogP contribution in [0.4, 0.5) is 34.6 Å². The number of nitrogens with two attached hydrogens (primary N) is 4. The summed E-state index contributed by atoms with van der Waals surface area (Å²) < 4.78 is 11.0. The minimum Gasteiger partial charge on any atom is -0.481 e.